The largest absolute Gasteiger partial charge is 0.497 e. The molecule has 2 amide bonds. The Morgan fingerprint density at radius 2 is 2.05 bits per heavy atom. The minimum Gasteiger partial charge on any atom is -0.497 e. The number of hydrogen-bond donors (Lipinski definition) is 2. The zero-order valence-electron chi connectivity index (χ0n) is 12.7. The second kappa shape index (κ2) is 7.84. The van der Waals surface area contributed by atoms with Crippen molar-refractivity contribution in [2.75, 3.05) is 19.0 Å². The number of aryl methyl sites for hydroxylation is 1. The summed E-state index contributed by atoms with van der Waals surface area (Å²) in [6.45, 7) is 2.56. The Balaban J connectivity index is 1.81. The van der Waals surface area contributed by atoms with Crippen LogP contribution in [0.1, 0.15) is 11.1 Å². The van der Waals surface area contributed by atoms with E-state index in [2.05, 4.69) is 26.6 Å². The third-order valence-corrected chi connectivity index (χ3v) is 4.12. The number of ether oxygens (including phenoxy) is 1. The number of amides is 2. The number of urea groups is 1. The first kappa shape index (κ1) is 16.4. The Hall–Kier alpha value is -2.01. The quantitative estimate of drug-likeness (QED) is 0.839. The van der Waals surface area contributed by atoms with Crippen molar-refractivity contribution in [3.05, 3.63) is 58.1 Å². The maximum absolute atomic E-state index is 11.9. The van der Waals surface area contributed by atoms with E-state index in [-0.39, 0.29) is 6.03 Å². The number of carbonyl (C=O) groups is 1. The summed E-state index contributed by atoms with van der Waals surface area (Å²) in [6.07, 6.45) is 0.752. The monoisotopic (exact) mass is 362 g/mol. The molecule has 0 aliphatic rings. The van der Waals surface area contributed by atoms with E-state index in [1.54, 1.807) is 7.11 Å². The highest BCUT2D eigenvalue weighted by atomic mass is 79.9. The first-order valence-corrected chi connectivity index (χ1v) is 7.81. The third-order valence-electron chi connectivity index (χ3n) is 3.26. The second-order valence-electron chi connectivity index (χ2n) is 4.95. The predicted octanol–water partition coefficient (Wildman–Crippen LogP) is 4.13. The predicted molar refractivity (Wildman–Crippen MR) is 92.6 cm³/mol. The summed E-state index contributed by atoms with van der Waals surface area (Å²) in [5.74, 6) is 0.825. The van der Waals surface area contributed by atoms with E-state index in [0.717, 1.165) is 33.5 Å². The lowest BCUT2D eigenvalue weighted by molar-refractivity contribution is 0.252. The number of rotatable bonds is 5. The van der Waals surface area contributed by atoms with Gasteiger partial charge < -0.3 is 15.4 Å². The molecule has 0 aliphatic heterocycles. The number of methoxy groups -OCH3 is 1. The van der Waals surface area contributed by atoms with Crippen LogP contribution in [0.5, 0.6) is 5.75 Å². The van der Waals surface area contributed by atoms with Crippen molar-refractivity contribution >= 4 is 27.6 Å². The van der Waals surface area contributed by atoms with Gasteiger partial charge in [0.1, 0.15) is 5.75 Å². The standard InChI is InChI=1S/C17H19BrN2O2/c1-12-6-7-14(11-16(12)18)20-17(21)19-9-8-13-4-3-5-15(10-13)22-2/h3-7,10-11H,8-9H2,1-2H3,(H2,19,20,21). The Kier molecular flexibility index (Phi) is 5.83. The minimum absolute atomic E-state index is 0.210. The Morgan fingerprint density at radius 1 is 1.23 bits per heavy atom. The Bertz CT molecular complexity index is 659. The molecule has 5 heteroatoms. The van der Waals surface area contributed by atoms with Crippen LogP contribution < -0.4 is 15.4 Å². The molecule has 22 heavy (non-hydrogen) atoms. The molecule has 0 aliphatic carbocycles. The van der Waals surface area contributed by atoms with Crippen molar-refractivity contribution < 1.29 is 9.53 Å². The maximum atomic E-state index is 11.9. The number of carbonyl (C=O) groups excluding carboxylic acids is 1. The average Bonchev–Trinajstić information content (AvgIpc) is 2.51. The molecule has 0 unspecified atom stereocenters. The van der Waals surface area contributed by atoms with E-state index in [1.807, 2.05) is 49.4 Å². The fourth-order valence-corrected chi connectivity index (χ4v) is 2.37. The normalized spacial score (nSPS) is 10.1. The van der Waals surface area contributed by atoms with Crippen molar-refractivity contribution in [2.45, 2.75) is 13.3 Å². The Morgan fingerprint density at radius 3 is 2.77 bits per heavy atom. The van der Waals surface area contributed by atoms with Gasteiger partial charge in [0, 0.05) is 16.7 Å². The third kappa shape index (κ3) is 4.77. The van der Waals surface area contributed by atoms with Gasteiger partial charge >= 0.3 is 6.03 Å². The minimum atomic E-state index is -0.210. The lowest BCUT2D eigenvalue weighted by Gasteiger charge is -2.09. The van der Waals surface area contributed by atoms with Gasteiger partial charge in [-0.2, -0.15) is 0 Å². The van der Waals surface area contributed by atoms with E-state index in [9.17, 15) is 4.79 Å². The van der Waals surface area contributed by atoms with Crippen LogP contribution in [-0.4, -0.2) is 19.7 Å². The van der Waals surface area contributed by atoms with Crippen LogP contribution in [0.4, 0.5) is 10.5 Å². The number of hydrogen-bond acceptors (Lipinski definition) is 2. The summed E-state index contributed by atoms with van der Waals surface area (Å²) < 4.78 is 6.15. The van der Waals surface area contributed by atoms with Gasteiger partial charge in [0.2, 0.25) is 0 Å². The molecule has 0 heterocycles. The fourth-order valence-electron chi connectivity index (χ4n) is 1.99. The molecule has 0 radical (unpaired) electrons. The van der Waals surface area contributed by atoms with Crippen LogP contribution in [-0.2, 0) is 6.42 Å². The molecule has 0 aromatic heterocycles. The van der Waals surface area contributed by atoms with Gasteiger partial charge in [0.15, 0.2) is 0 Å². The van der Waals surface area contributed by atoms with Gasteiger partial charge in [0.25, 0.3) is 0 Å². The number of benzene rings is 2. The molecular formula is C17H19BrN2O2. The lowest BCUT2D eigenvalue weighted by atomic mass is 10.1. The summed E-state index contributed by atoms with van der Waals surface area (Å²) in [7, 11) is 1.64. The van der Waals surface area contributed by atoms with Crippen LogP contribution in [0, 0.1) is 6.92 Å². The SMILES string of the molecule is COc1cccc(CCNC(=O)Nc2ccc(C)c(Br)c2)c1. The van der Waals surface area contributed by atoms with Gasteiger partial charge in [-0.3, -0.25) is 0 Å². The molecule has 0 saturated carbocycles. The maximum Gasteiger partial charge on any atom is 0.319 e. The van der Waals surface area contributed by atoms with E-state index >= 15 is 0 Å². The second-order valence-corrected chi connectivity index (χ2v) is 5.80. The molecule has 2 N–H and O–H groups in total. The highest BCUT2D eigenvalue weighted by Gasteiger charge is 2.03. The van der Waals surface area contributed by atoms with Crippen LogP contribution in [0.3, 0.4) is 0 Å². The lowest BCUT2D eigenvalue weighted by Crippen LogP contribution is -2.30. The summed E-state index contributed by atoms with van der Waals surface area (Å²) >= 11 is 3.45. The topological polar surface area (TPSA) is 50.4 Å². The van der Waals surface area contributed by atoms with E-state index in [1.165, 1.54) is 0 Å². The molecule has 0 saturated heterocycles. The number of nitrogens with one attached hydrogen (secondary N) is 2. The van der Waals surface area contributed by atoms with Gasteiger partial charge in [0.05, 0.1) is 7.11 Å². The van der Waals surface area contributed by atoms with Crippen LogP contribution in [0.15, 0.2) is 46.9 Å². The molecule has 2 rings (SSSR count). The first-order valence-electron chi connectivity index (χ1n) is 7.02. The van der Waals surface area contributed by atoms with Crippen molar-refractivity contribution in [3.63, 3.8) is 0 Å². The van der Waals surface area contributed by atoms with E-state index in [0.29, 0.717) is 6.54 Å². The highest BCUT2D eigenvalue weighted by Crippen LogP contribution is 2.20. The molecular weight excluding hydrogens is 344 g/mol. The smallest absolute Gasteiger partial charge is 0.319 e. The van der Waals surface area contributed by atoms with Gasteiger partial charge in [-0.1, -0.05) is 34.1 Å². The van der Waals surface area contributed by atoms with Crippen molar-refractivity contribution in [3.8, 4) is 5.75 Å². The van der Waals surface area contributed by atoms with Crippen molar-refractivity contribution in [2.24, 2.45) is 0 Å². The molecule has 116 valence electrons. The van der Waals surface area contributed by atoms with Gasteiger partial charge in [-0.25, -0.2) is 4.79 Å². The highest BCUT2D eigenvalue weighted by molar-refractivity contribution is 9.10. The molecule has 2 aromatic rings. The van der Waals surface area contributed by atoms with Crippen LogP contribution in [0.25, 0.3) is 0 Å². The molecule has 0 atom stereocenters. The Labute approximate surface area is 139 Å². The fraction of sp³-hybridized carbons (Fsp3) is 0.235. The summed E-state index contributed by atoms with van der Waals surface area (Å²) in [5.41, 5.74) is 3.01. The van der Waals surface area contributed by atoms with Crippen LogP contribution in [0.2, 0.25) is 0 Å². The van der Waals surface area contributed by atoms with Crippen LogP contribution >= 0.6 is 15.9 Å². The zero-order chi connectivity index (χ0) is 15.9. The molecule has 0 spiro atoms. The van der Waals surface area contributed by atoms with E-state index < -0.39 is 0 Å². The molecule has 0 bridgehead atoms. The zero-order valence-corrected chi connectivity index (χ0v) is 14.2. The first-order chi connectivity index (χ1) is 10.6. The van der Waals surface area contributed by atoms with Gasteiger partial charge in [-0.15, -0.1) is 0 Å². The molecule has 2 aromatic carbocycles. The average molecular weight is 363 g/mol. The summed E-state index contributed by atoms with van der Waals surface area (Å²) in [4.78, 5) is 11.9. The summed E-state index contributed by atoms with van der Waals surface area (Å²) in [5, 5.41) is 5.66. The molecule has 0 fully saturated rings. The van der Waals surface area contributed by atoms with Gasteiger partial charge in [-0.05, 0) is 48.7 Å². The van der Waals surface area contributed by atoms with Crippen molar-refractivity contribution in [1.82, 2.24) is 5.32 Å². The number of anilines is 1. The summed E-state index contributed by atoms with van der Waals surface area (Å²) in [6, 6.07) is 13.3. The molecule has 4 nitrogen and oxygen atoms in total. The van der Waals surface area contributed by atoms with E-state index in [4.69, 9.17) is 4.74 Å². The van der Waals surface area contributed by atoms with Crippen molar-refractivity contribution in [1.29, 1.82) is 0 Å². The number of halogens is 1.